The molecule has 0 bridgehead atoms. The summed E-state index contributed by atoms with van der Waals surface area (Å²) < 4.78 is 0. The normalized spacial score (nSPS) is 29.8. The second-order valence-corrected chi connectivity index (χ2v) is 3.94. The fourth-order valence-corrected chi connectivity index (χ4v) is 1.88. The SMILES string of the molecule is C/C(=C\C1CCC(=O)C1C)CCO. The first-order valence-corrected chi connectivity index (χ1v) is 4.96. The molecule has 0 amide bonds. The second-order valence-electron chi connectivity index (χ2n) is 3.94. The maximum Gasteiger partial charge on any atom is 0.136 e. The summed E-state index contributed by atoms with van der Waals surface area (Å²) in [6.07, 6.45) is 4.61. The number of aliphatic hydroxyl groups is 1. The lowest BCUT2D eigenvalue weighted by Crippen LogP contribution is -2.08. The van der Waals surface area contributed by atoms with Crippen LogP contribution in [0.5, 0.6) is 0 Å². The number of rotatable bonds is 3. The number of carbonyl (C=O) groups excluding carboxylic acids is 1. The predicted octanol–water partition coefficient (Wildman–Crippen LogP) is 1.93. The Labute approximate surface area is 79.6 Å². The minimum Gasteiger partial charge on any atom is -0.396 e. The first-order chi connectivity index (χ1) is 6.15. The molecule has 1 aliphatic carbocycles. The molecule has 0 spiro atoms. The summed E-state index contributed by atoms with van der Waals surface area (Å²) in [7, 11) is 0. The third-order valence-corrected chi connectivity index (χ3v) is 2.88. The minimum absolute atomic E-state index is 0.189. The highest BCUT2D eigenvalue weighted by atomic mass is 16.2. The zero-order chi connectivity index (χ0) is 9.84. The molecule has 0 aliphatic heterocycles. The van der Waals surface area contributed by atoms with E-state index in [0.29, 0.717) is 11.7 Å². The van der Waals surface area contributed by atoms with E-state index < -0.39 is 0 Å². The van der Waals surface area contributed by atoms with Crippen molar-refractivity contribution in [2.45, 2.75) is 33.1 Å². The largest absolute Gasteiger partial charge is 0.396 e. The molecule has 1 saturated carbocycles. The smallest absolute Gasteiger partial charge is 0.136 e. The van der Waals surface area contributed by atoms with Gasteiger partial charge in [-0.05, 0) is 25.7 Å². The van der Waals surface area contributed by atoms with Gasteiger partial charge in [0.25, 0.3) is 0 Å². The van der Waals surface area contributed by atoms with Crippen LogP contribution in [0, 0.1) is 11.8 Å². The molecular formula is C11H18O2. The van der Waals surface area contributed by atoms with E-state index in [1.54, 1.807) is 0 Å². The molecule has 0 aromatic rings. The van der Waals surface area contributed by atoms with E-state index in [-0.39, 0.29) is 12.5 Å². The third kappa shape index (κ3) is 2.66. The van der Waals surface area contributed by atoms with Gasteiger partial charge in [0.15, 0.2) is 0 Å². The monoisotopic (exact) mass is 182 g/mol. The van der Waals surface area contributed by atoms with Gasteiger partial charge in [-0.15, -0.1) is 0 Å². The summed E-state index contributed by atoms with van der Waals surface area (Å²) in [5.41, 5.74) is 1.20. The number of carbonyl (C=O) groups is 1. The topological polar surface area (TPSA) is 37.3 Å². The van der Waals surface area contributed by atoms with Gasteiger partial charge < -0.3 is 5.11 Å². The highest BCUT2D eigenvalue weighted by Gasteiger charge is 2.28. The van der Waals surface area contributed by atoms with E-state index in [9.17, 15) is 4.79 Å². The van der Waals surface area contributed by atoms with E-state index in [0.717, 1.165) is 19.3 Å². The van der Waals surface area contributed by atoms with Crippen LogP contribution in [-0.2, 0) is 4.79 Å². The Morgan fingerprint density at radius 1 is 1.69 bits per heavy atom. The van der Waals surface area contributed by atoms with Gasteiger partial charge in [0.2, 0.25) is 0 Å². The lowest BCUT2D eigenvalue weighted by atomic mass is 9.95. The fourth-order valence-electron chi connectivity index (χ4n) is 1.88. The lowest BCUT2D eigenvalue weighted by Gasteiger charge is -2.10. The Kier molecular flexibility index (Phi) is 3.67. The molecule has 2 atom stereocenters. The van der Waals surface area contributed by atoms with Crippen molar-refractivity contribution >= 4 is 5.78 Å². The number of Topliss-reactive ketones (excluding diaryl/α,β-unsaturated/α-hetero) is 1. The molecule has 0 saturated heterocycles. The van der Waals surface area contributed by atoms with Gasteiger partial charge >= 0.3 is 0 Å². The van der Waals surface area contributed by atoms with Crippen LogP contribution in [-0.4, -0.2) is 17.5 Å². The van der Waals surface area contributed by atoms with E-state index in [4.69, 9.17) is 5.11 Å². The van der Waals surface area contributed by atoms with Gasteiger partial charge in [0.1, 0.15) is 5.78 Å². The van der Waals surface area contributed by atoms with Crippen LogP contribution >= 0.6 is 0 Å². The Morgan fingerprint density at radius 3 is 2.85 bits per heavy atom. The van der Waals surface area contributed by atoms with Gasteiger partial charge in [0.05, 0.1) is 0 Å². The Balaban J connectivity index is 2.54. The first-order valence-electron chi connectivity index (χ1n) is 4.96. The summed E-state index contributed by atoms with van der Waals surface area (Å²) in [6, 6.07) is 0. The molecule has 0 heterocycles. The van der Waals surface area contributed by atoms with E-state index in [2.05, 4.69) is 6.08 Å². The molecule has 2 unspecified atom stereocenters. The van der Waals surface area contributed by atoms with Crippen LogP contribution in [0.25, 0.3) is 0 Å². The average molecular weight is 182 g/mol. The number of hydrogen-bond donors (Lipinski definition) is 1. The lowest BCUT2D eigenvalue weighted by molar-refractivity contribution is -0.120. The van der Waals surface area contributed by atoms with Crippen molar-refractivity contribution < 1.29 is 9.90 Å². The van der Waals surface area contributed by atoms with Crippen LogP contribution in [0.4, 0.5) is 0 Å². The summed E-state index contributed by atoms with van der Waals surface area (Å²) >= 11 is 0. The molecule has 1 fully saturated rings. The quantitative estimate of drug-likeness (QED) is 0.677. The van der Waals surface area contributed by atoms with Gasteiger partial charge in [-0.2, -0.15) is 0 Å². The van der Waals surface area contributed by atoms with Crippen LogP contribution in [0.3, 0.4) is 0 Å². The number of ketones is 1. The second kappa shape index (κ2) is 4.56. The molecule has 0 aromatic heterocycles. The fraction of sp³-hybridized carbons (Fsp3) is 0.727. The Hall–Kier alpha value is -0.630. The summed E-state index contributed by atoms with van der Waals surface area (Å²) in [6.45, 7) is 4.23. The van der Waals surface area contributed by atoms with Crippen molar-refractivity contribution in [3.8, 4) is 0 Å². The highest BCUT2D eigenvalue weighted by Crippen LogP contribution is 2.30. The molecule has 1 aliphatic rings. The molecule has 0 aromatic carbocycles. The van der Waals surface area contributed by atoms with Gasteiger partial charge in [-0.3, -0.25) is 4.79 Å². The van der Waals surface area contributed by atoms with Gasteiger partial charge in [0, 0.05) is 18.9 Å². The van der Waals surface area contributed by atoms with Crippen molar-refractivity contribution in [2.75, 3.05) is 6.61 Å². The molecule has 74 valence electrons. The highest BCUT2D eigenvalue weighted by molar-refractivity contribution is 5.83. The van der Waals surface area contributed by atoms with Crippen molar-refractivity contribution in [2.24, 2.45) is 11.8 Å². The predicted molar refractivity (Wildman–Crippen MR) is 52.4 cm³/mol. The summed E-state index contributed by atoms with van der Waals surface area (Å²) in [4.78, 5) is 11.2. The molecular weight excluding hydrogens is 164 g/mol. The maximum atomic E-state index is 11.2. The Bertz CT molecular complexity index is 218. The molecule has 13 heavy (non-hydrogen) atoms. The first kappa shape index (κ1) is 10.5. The van der Waals surface area contributed by atoms with E-state index in [1.807, 2.05) is 13.8 Å². The van der Waals surface area contributed by atoms with Crippen molar-refractivity contribution in [1.29, 1.82) is 0 Å². The molecule has 2 heteroatoms. The third-order valence-electron chi connectivity index (χ3n) is 2.88. The Morgan fingerprint density at radius 2 is 2.38 bits per heavy atom. The molecule has 2 nitrogen and oxygen atoms in total. The van der Waals surface area contributed by atoms with Gasteiger partial charge in [-0.25, -0.2) is 0 Å². The molecule has 0 radical (unpaired) electrons. The van der Waals surface area contributed by atoms with Crippen molar-refractivity contribution in [1.82, 2.24) is 0 Å². The number of allylic oxidation sites excluding steroid dienone is 1. The van der Waals surface area contributed by atoms with Crippen molar-refractivity contribution in [3.05, 3.63) is 11.6 Å². The minimum atomic E-state index is 0.189. The zero-order valence-electron chi connectivity index (χ0n) is 8.42. The van der Waals surface area contributed by atoms with Crippen molar-refractivity contribution in [3.63, 3.8) is 0 Å². The van der Waals surface area contributed by atoms with E-state index >= 15 is 0 Å². The number of hydrogen-bond acceptors (Lipinski definition) is 2. The van der Waals surface area contributed by atoms with Gasteiger partial charge in [-0.1, -0.05) is 18.6 Å². The maximum absolute atomic E-state index is 11.2. The standard InChI is InChI=1S/C11H18O2/c1-8(5-6-12)7-10-3-4-11(13)9(10)2/h7,9-10,12H,3-6H2,1-2H3/b8-7+. The van der Waals surface area contributed by atoms with Crippen LogP contribution in [0.2, 0.25) is 0 Å². The average Bonchev–Trinajstić information content (AvgIpc) is 2.37. The molecule has 1 rings (SSSR count). The van der Waals surface area contributed by atoms with E-state index in [1.165, 1.54) is 5.57 Å². The molecule has 1 N–H and O–H groups in total. The van der Waals surface area contributed by atoms with Crippen LogP contribution < -0.4 is 0 Å². The number of aliphatic hydroxyl groups excluding tert-OH is 1. The summed E-state index contributed by atoms with van der Waals surface area (Å²) in [5, 5.41) is 8.72. The zero-order valence-corrected chi connectivity index (χ0v) is 8.42. The van der Waals surface area contributed by atoms with Crippen LogP contribution in [0.15, 0.2) is 11.6 Å². The summed E-state index contributed by atoms with van der Waals surface area (Å²) in [5.74, 6) is 0.991. The van der Waals surface area contributed by atoms with Crippen LogP contribution in [0.1, 0.15) is 33.1 Å².